The van der Waals surface area contributed by atoms with E-state index in [0.717, 1.165) is 59.8 Å². The Morgan fingerprint density at radius 1 is 1.05 bits per heavy atom. The molecule has 0 bridgehead atoms. The second-order valence-corrected chi connectivity index (χ2v) is 9.40. The lowest BCUT2D eigenvalue weighted by molar-refractivity contribution is 0.0940. The molecule has 1 aliphatic carbocycles. The molecule has 1 aliphatic rings. The zero-order chi connectivity index (χ0) is 26.1. The topological polar surface area (TPSA) is 85.0 Å². The van der Waals surface area contributed by atoms with Gasteiger partial charge in [-0.05, 0) is 55.4 Å². The highest BCUT2D eigenvalue weighted by Gasteiger charge is 2.24. The summed E-state index contributed by atoms with van der Waals surface area (Å²) in [5.74, 6) is -3.81. The largest absolute Gasteiger partial charge is 0.503 e. The molecule has 0 radical (unpaired) electrons. The highest BCUT2D eigenvalue weighted by molar-refractivity contribution is 5.94. The van der Waals surface area contributed by atoms with Crippen LogP contribution >= 0.6 is 0 Å². The van der Waals surface area contributed by atoms with Crippen LogP contribution in [0.5, 0.6) is 5.75 Å². The maximum atomic E-state index is 13.5. The Morgan fingerprint density at radius 2 is 1.78 bits per heavy atom. The third kappa shape index (κ3) is 5.45. The Bertz CT molecular complexity index is 1400. The van der Waals surface area contributed by atoms with Gasteiger partial charge in [0.25, 0.3) is 12.3 Å². The van der Waals surface area contributed by atoms with Gasteiger partial charge < -0.3 is 10.4 Å². The molecule has 0 unspecified atom stereocenters. The fourth-order valence-corrected chi connectivity index (χ4v) is 4.80. The molecule has 2 aromatic heterocycles. The predicted molar refractivity (Wildman–Crippen MR) is 128 cm³/mol. The lowest BCUT2D eigenvalue weighted by Crippen LogP contribution is -2.31. The van der Waals surface area contributed by atoms with Crippen LogP contribution in [0.3, 0.4) is 0 Å². The molecule has 11 heteroatoms. The molecule has 37 heavy (non-hydrogen) atoms. The fraction of sp³-hybridized carbons (Fsp3) is 0.346. The molecule has 4 aromatic rings. The zero-order valence-electron chi connectivity index (χ0n) is 19.7. The number of amides is 1. The summed E-state index contributed by atoms with van der Waals surface area (Å²) < 4.78 is 55.4. The molecule has 194 valence electrons. The van der Waals surface area contributed by atoms with Crippen LogP contribution in [0.2, 0.25) is 0 Å². The van der Waals surface area contributed by atoms with Crippen molar-refractivity contribution in [3.63, 3.8) is 0 Å². The number of phenolic OH excluding ortho intramolecular Hbond substituents is 1. The Labute approximate surface area is 209 Å². The van der Waals surface area contributed by atoms with Crippen LogP contribution in [0.15, 0.2) is 48.9 Å². The molecule has 1 fully saturated rings. The van der Waals surface area contributed by atoms with E-state index in [0.29, 0.717) is 6.54 Å². The average molecular weight is 516 g/mol. The van der Waals surface area contributed by atoms with Gasteiger partial charge in [-0.15, -0.1) is 0 Å². The molecule has 1 saturated carbocycles. The van der Waals surface area contributed by atoms with Crippen LogP contribution in [0.4, 0.5) is 17.6 Å². The summed E-state index contributed by atoms with van der Waals surface area (Å²) in [5, 5.41) is 21.6. The predicted octanol–water partition coefficient (Wildman–Crippen LogP) is 5.31. The van der Waals surface area contributed by atoms with Crippen molar-refractivity contribution in [1.29, 1.82) is 0 Å². The van der Waals surface area contributed by atoms with Gasteiger partial charge >= 0.3 is 0 Å². The van der Waals surface area contributed by atoms with Crippen LogP contribution < -0.4 is 5.32 Å². The first kappa shape index (κ1) is 24.8. The lowest BCUT2D eigenvalue weighted by atomic mass is 9.86. The van der Waals surface area contributed by atoms with E-state index in [9.17, 15) is 27.5 Å². The standard InChI is InChI=1S/C26H25F4N5O2/c27-21-7-18(8-22(28)25(21)36)26(37)31-10-15-1-5-20(6-2-15)35-13-17-4-3-16(9-23(17)33-35)19-11-32-34(12-19)14-24(29)30/h3-4,7-9,11-13,15,20,24,36H,1-2,5-6,10,14H2,(H,31,37). The number of rotatable bonds is 7. The fourth-order valence-electron chi connectivity index (χ4n) is 4.80. The number of carbonyl (C=O) groups excluding carboxylic acids is 1. The Morgan fingerprint density at radius 3 is 2.49 bits per heavy atom. The first-order valence-electron chi connectivity index (χ1n) is 12.0. The van der Waals surface area contributed by atoms with Crippen molar-refractivity contribution in [1.82, 2.24) is 24.9 Å². The number of phenols is 1. The summed E-state index contributed by atoms with van der Waals surface area (Å²) >= 11 is 0. The molecule has 7 nitrogen and oxygen atoms in total. The number of nitrogens with one attached hydrogen (secondary N) is 1. The SMILES string of the molecule is O=C(NCC1CCC(n2cc3ccc(-c4cnn(CC(F)F)c4)cc3n2)CC1)c1cc(F)c(O)c(F)c1. The quantitative estimate of drug-likeness (QED) is 0.327. The van der Waals surface area contributed by atoms with Gasteiger partial charge in [-0.3, -0.25) is 14.2 Å². The number of hydrogen-bond acceptors (Lipinski definition) is 4. The van der Waals surface area contributed by atoms with Crippen LogP contribution in [0.25, 0.3) is 22.0 Å². The minimum absolute atomic E-state index is 0.176. The molecular formula is C26H25F4N5O2. The van der Waals surface area contributed by atoms with Crippen molar-refractivity contribution in [2.45, 2.75) is 44.7 Å². The minimum atomic E-state index is -2.47. The smallest absolute Gasteiger partial charge is 0.257 e. The first-order valence-corrected chi connectivity index (χ1v) is 12.0. The highest BCUT2D eigenvalue weighted by atomic mass is 19.3. The van der Waals surface area contributed by atoms with Crippen LogP contribution in [-0.4, -0.2) is 43.5 Å². The number of fused-ring (bicyclic) bond motifs is 1. The molecule has 5 rings (SSSR count). The summed E-state index contributed by atoms with van der Waals surface area (Å²) in [6.07, 6.45) is 6.14. The van der Waals surface area contributed by atoms with Crippen molar-refractivity contribution in [2.24, 2.45) is 5.92 Å². The summed E-state index contributed by atoms with van der Waals surface area (Å²) in [6.45, 7) is -0.0590. The van der Waals surface area contributed by atoms with Gasteiger partial charge in [-0.2, -0.15) is 10.2 Å². The van der Waals surface area contributed by atoms with E-state index in [1.54, 1.807) is 12.4 Å². The monoisotopic (exact) mass is 515 g/mol. The third-order valence-corrected chi connectivity index (χ3v) is 6.84. The van der Waals surface area contributed by atoms with Gasteiger partial charge in [-0.25, -0.2) is 17.6 Å². The van der Waals surface area contributed by atoms with Crippen molar-refractivity contribution in [2.75, 3.05) is 6.54 Å². The van der Waals surface area contributed by atoms with Crippen molar-refractivity contribution >= 4 is 16.8 Å². The van der Waals surface area contributed by atoms with Gasteiger partial charge in [0.1, 0.15) is 6.54 Å². The lowest BCUT2D eigenvalue weighted by Gasteiger charge is -2.28. The van der Waals surface area contributed by atoms with E-state index in [-0.39, 0.29) is 17.5 Å². The number of hydrogen-bond donors (Lipinski definition) is 2. The van der Waals surface area contributed by atoms with Gasteiger partial charge in [0, 0.05) is 35.5 Å². The molecule has 2 aromatic carbocycles. The van der Waals surface area contributed by atoms with E-state index in [4.69, 9.17) is 5.10 Å². The highest BCUT2D eigenvalue weighted by Crippen LogP contribution is 2.33. The molecule has 1 amide bonds. The number of nitrogens with zero attached hydrogens (tertiary/aromatic N) is 4. The van der Waals surface area contributed by atoms with Crippen LogP contribution in [0, 0.1) is 17.6 Å². The maximum Gasteiger partial charge on any atom is 0.257 e. The molecule has 0 spiro atoms. The van der Waals surface area contributed by atoms with Crippen molar-refractivity contribution in [3.8, 4) is 16.9 Å². The molecule has 2 N–H and O–H groups in total. The first-order chi connectivity index (χ1) is 17.8. The number of benzene rings is 2. The molecule has 2 heterocycles. The van der Waals surface area contributed by atoms with Gasteiger partial charge in [-0.1, -0.05) is 12.1 Å². The Hall–Kier alpha value is -3.89. The summed E-state index contributed by atoms with van der Waals surface area (Å²) in [6, 6.07) is 7.63. The summed E-state index contributed by atoms with van der Waals surface area (Å²) in [4.78, 5) is 12.3. The van der Waals surface area contributed by atoms with Crippen LogP contribution in [0.1, 0.15) is 42.1 Å². The van der Waals surface area contributed by atoms with Gasteiger partial charge in [0.05, 0.1) is 17.8 Å². The summed E-state index contributed by atoms with van der Waals surface area (Å²) in [5.41, 5.74) is 2.23. The molecular weight excluding hydrogens is 490 g/mol. The number of aromatic hydroxyl groups is 1. The van der Waals surface area contributed by atoms with Crippen molar-refractivity contribution in [3.05, 3.63) is 66.1 Å². The third-order valence-electron chi connectivity index (χ3n) is 6.84. The van der Waals surface area contributed by atoms with E-state index >= 15 is 0 Å². The van der Waals surface area contributed by atoms with Crippen LogP contribution in [-0.2, 0) is 6.54 Å². The molecule has 0 atom stereocenters. The maximum absolute atomic E-state index is 13.5. The van der Waals surface area contributed by atoms with Gasteiger partial charge in [0.15, 0.2) is 17.4 Å². The normalized spacial score (nSPS) is 18.0. The van der Waals surface area contributed by atoms with Crippen molar-refractivity contribution < 1.29 is 27.5 Å². The van der Waals surface area contributed by atoms with E-state index in [1.165, 1.54) is 4.68 Å². The zero-order valence-corrected chi connectivity index (χ0v) is 19.7. The number of alkyl halides is 2. The number of carbonyl (C=O) groups is 1. The number of halogens is 4. The second kappa shape index (κ2) is 10.2. The number of aromatic nitrogens is 4. The van der Waals surface area contributed by atoms with E-state index < -0.39 is 36.3 Å². The van der Waals surface area contributed by atoms with Gasteiger partial charge in [0.2, 0.25) is 0 Å². The van der Waals surface area contributed by atoms with E-state index in [2.05, 4.69) is 10.4 Å². The second-order valence-electron chi connectivity index (χ2n) is 9.40. The Kier molecular flexibility index (Phi) is 6.86. The summed E-state index contributed by atoms with van der Waals surface area (Å²) in [7, 11) is 0. The minimum Gasteiger partial charge on any atom is -0.503 e. The Balaban J connectivity index is 1.18. The average Bonchev–Trinajstić information content (AvgIpc) is 3.52. The molecule has 0 aliphatic heterocycles. The molecule has 0 saturated heterocycles. The van der Waals surface area contributed by atoms with E-state index in [1.807, 2.05) is 29.1 Å².